The average molecular weight is 262 g/mol. The maximum absolute atomic E-state index is 11.1. The van der Waals surface area contributed by atoms with Crippen molar-refractivity contribution in [3.05, 3.63) is 36.4 Å². The topological polar surface area (TPSA) is 57.5 Å². The van der Waals surface area contributed by atoms with Gasteiger partial charge in [-0.3, -0.25) is 4.79 Å². The Balaban J connectivity index is 2.45. The SMILES string of the molecule is CCC(Sc1ccc(O)c2ccccc12)C(=O)O. The molecule has 0 saturated carbocycles. The lowest BCUT2D eigenvalue weighted by Crippen LogP contribution is -2.14. The molecule has 0 radical (unpaired) electrons. The highest BCUT2D eigenvalue weighted by atomic mass is 32.2. The lowest BCUT2D eigenvalue weighted by atomic mass is 10.1. The highest BCUT2D eigenvalue weighted by molar-refractivity contribution is 8.00. The molecule has 0 aliphatic carbocycles. The number of aromatic hydroxyl groups is 1. The lowest BCUT2D eigenvalue weighted by Gasteiger charge is -2.12. The highest BCUT2D eigenvalue weighted by Gasteiger charge is 2.18. The molecular weight excluding hydrogens is 248 g/mol. The van der Waals surface area contributed by atoms with Gasteiger partial charge < -0.3 is 10.2 Å². The van der Waals surface area contributed by atoms with Crippen molar-refractivity contribution in [2.24, 2.45) is 0 Å². The van der Waals surface area contributed by atoms with E-state index in [1.807, 2.05) is 31.2 Å². The Morgan fingerprint density at radius 3 is 2.50 bits per heavy atom. The minimum absolute atomic E-state index is 0.221. The van der Waals surface area contributed by atoms with Gasteiger partial charge in [-0.05, 0) is 23.9 Å². The van der Waals surface area contributed by atoms with Gasteiger partial charge in [-0.1, -0.05) is 31.2 Å². The maximum Gasteiger partial charge on any atom is 0.316 e. The molecule has 0 fully saturated rings. The summed E-state index contributed by atoms with van der Waals surface area (Å²) in [5, 5.41) is 20.0. The summed E-state index contributed by atoms with van der Waals surface area (Å²) in [5.74, 6) is -0.585. The van der Waals surface area contributed by atoms with Crippen molar-refractivity contribution >= 4 is 28.5 Å². The number of fused-ring (bicyclic) bond motifs is 1. The van der Waals surface area contributed by atoms with Crippen LogP contribution in [-0.2, 0) is 4.79 Å². The Morgan fingerprint density at radius 2 is 1.89 bits per heavy atom. The number of phenols is 1. The molecule has 2 aromatic carbocycles. The van der Waals surface area contributed by atoms with E-state index in [1.54, 1.807) is 12.1 Å². The molecule has 0 bridgehead atoms. The first-order valence-corrected chi connectivity index (χ1v) is 6.61. The van der Waals surface area contributed by atoms with Gasteiger partial charge in [0.25, 0.3) is 0 Å². The molecule has 1 atom stereocenters. The van der Waals surface area contributed by atoms with Gasteiger partial charge in [-0.2, -0.15) is 0 Å². The molecule has 94 valence electrons. The van der Waals surface area contributed by atoms with E-state index in [2.05, 4.69) is 0 Å². The standard InChI is InChI=1S/C14H14O3S/c1-2-12(14(16)17)18-13-8-7-11(15)9-5-3-4-6-10(9)13/h3-8,12,15H,2H2,1H3,(H,16,17). The molecule has 0 spiro atoms. The predicted molar refractivity (Wildman–Crippen MR) is 73.2 cm³/mol. The predicted octanol–water partition coefficient (Wildman–Crippen LogP) is 3.50. The first-order chi connectivity index (χ1) is 8.63. The first kappa shape index (κ1) is 12.8. The number of aliphatic carboxylic acids is 1. The summed E-state index contributed by atoms with van der Waals surface area (Å²) < 4.78 is 0. The van der Waals surface area contributed by atoms with Gasteiger partial charge in [-0.25, -0.2) is 0 Å². The molecule has 2 rings (SSSR count). The lowest BCUT2D eigenvalue weighted by molar-refractivity contribution is -0.136. The number of benzene rings is 2. The van der Waals surface area contributed by atoms with E-state index in [-0.39, 0.29) is 5.75 Å². The molecule has 0 heterocycles. The molecule has 4 heteroatoms. The second kappa shape index (κ2) is 5.31. The number of phenolic OH excluding ortho intramolecular Hbond substituents is 1. The van der Waals surface area contributed by atoms with E-state index in [0.29, 0.717) is 6.42 Å². The Bertz CT molecular complexity index is 580. The molecule has 0 aromatic heterocycles. The van der Waals surface area contributed by atoms with Gasteiger partial charge in [-0.15, -0.1) is 11.8 Å². The molecule has 2 N–H and O–H groups in total. The molecule has 2 aromatic rings. The van der Waals surface area contributed by atoms with Crippen molar-refractivity contribution in [2.75, 3.05) is 0 Å². The smallest absolute Gasteiger partial charge is 0.316 e. The molecule has 0 saturated heterocycles. The van der Waals surface area contributed by atoms with Crippen LogP contribution < -0.4 is 0 Å². The maximum atomic E-state index is 11.1. The van der Waals surface area contributed by atoms with Crippen LogP contribution in [0.25, 0.3) is 10.8 Å². The molecule has 3 nitrogen and oxygen atoms in total. The van der Waals surface area contributed by atoms with E-state index in [4.69, 9.17) is 5.11 Å². The third kappa shape index (κ3) is 2.43. The fourth-order valence-corrected chi connectivity index (χ4v) is 2.85. The first-order valence-electron chi connectivity index (χ1n) is 5.73. The largest absolute Gasteiger partial charge is 0.507 e. The van der Waals surface area contributed by atoms with Gasteiger partial charge in [0.2, 0.25) is 0 Å². The van der Waals surface area contributed by atoms with E-state index in [0.717, 1.165) is 15.7 Å². The number of thioether (sulfide) groups is 1. The highest BCUT2D eigenvalue weighted by Crippen LogP contribution is 2.35. The zero-order valence-electron chi connectivity index (χ0n) is 9.96. The van der Waals surface area contributed by atoms with Crippen LogP contribution in [0.15, 0.2) is 41.3 Å². The minimum Gasteiger partial charge on any atom is -0.507 e. The van der Waals surface area contributed by atoms with Crippen molar-refractivity contribution in [1.82, 2.24) is 0 Å². The van der Waals surface area contributed by atoms with E-state index in [9.17, 15) is 9.90 Å². The van der Waals surface area contributed by atoms with Crippen molar-refractivity contribution < 1.29 is 15.0 Å². The average Bonchev–Trinajstić information content (AvgIpc) is 2.38. The zero-order chi connectivity index (χ0) is 13.1. The van der Waals surface area contributed by atoms with Crippen LogP contribution in [0.3, 0.4) is 0 Å². The molecular formula is C14H14O3S. The van der Waals surface area contributed by atoms with Gasteiger partial charge in [0.15, 0.2) is 0 Å². The van der Waals surface area contributed by atoms with Crippen LogP contribution >= 0.6 is 11.8 Å². The molecule has 1 unspecified atom stereocenters. The number of hydrogen-bond donors (Lipinski definition) is 2. The molecule has 0 amide bonds. The third-order valence-corrected chi connectivity index (χ3v) is 4.21. The van der Waals surface area contributed by atoms with E-state index < -0.39 is 11.2 Å². The van der Waals surface area contributed by atoms with E-state index >= 15 is 0 Å². The normalized spacial score (nSPS) is 12.5. The zero-order valence-corrected chi connectivity index (χ0v) is 10.8. The summed E-state index contributed by atoms with van der Waals surface area (Å²) in [6.07, 6.45) is 0.565. The second-order valence-corrected chi connectivity index (χ2v) is 5.23. The second-order valence-electron chi connectivity index (χ2n) is 3.98. The summed E-state index contributed by atoms with van der Waals surface area (Å²) in [5.41, 5.74) is 0. The van der Waals surface area contributed by atoms with Crippen LogP contribution in [-0.4, -0.2) is 21.4 Å². The summed E-state index contributed by atoms with van der Waals surface area (Å²) in [6, 6.07) is 10.8. The van der Waals surface area contributed by atoms with Gasteiger partial charge in [0.1, 0.15) is 11.0 Å². The number of carbonyl (C=O) groups is 1. The molecule has 0 aliphatic rings. The molecule has 0 aliphatic heterocycles. The molecule has 18 heavy (non-hydrogen) atoms. The summed E-state index contributed by atoms with van der Waals surface area (Å²) in [4.78, 5) is 12.0. The van der Waals surface area contributed by atoms with Crippen molar-refractivity contribution in [3.8, 4) is 5.75 Å². The van der Waals surface area contributed by atoms with Gasteiger partial charge in [0.05, 0.1) is 0 Å². The van der Waals surface area contributed by atoms with Crippen molar-refractivity contribution in [2.45, 2.75) is 23.5 Å². The third-order valence-electron chi connectivity index (χ3n) is 2.78. The number of carboxylic acid groups (broad SMARTS) is 1. The summed E-state index contributed by atoms with van der Waals surface area (Å²) in [6.45, 7) is 1.86. The number of rotatable bonds is 4. The minimum atomic E-state index is -0.806. The van der Waals surface area contributed by atoms with Crippen molar-refractivity contribution in [1.29, 1.82) is 0 Å². The van der Waals surface area contributed by atoms with Crippen molar-refractivity contribution in [3.63, 3.8) is 0 Å². The quantitative estimate of drug-likeness (QED) is 0.828. The van der Waals surface area contributed by atoms with E-state index in [1.165, 1.54) is 11.8 Å². The van der Waals surface area contributed by atoms with Gasteiger partial charge >= 0.3 is 5.97 Å². The van der Waals surface area contributed by atoms with Crippen LogP contribution in [0.5, 0.6) is 5.75 Å². The van der Waals surface area contributed by atoms with Crippen LogP contribution in [0.1, 0.15) is 13.3 Å². The Kier molecular flexibility index (Phi) is 3.77. The Hall–Kier alpha value is -1.68. The van der Waals surface area contributed by atoms with Crippen LogP contribution in [0, 0.1) is 0 Å². The van der Waals surface area contributed by atoms with Crippen LogP contribution in [0.4, 0.5) is 0 Å². The fourth-order valence-electron chi connectivity index (χ4n) is 1.82. The number of hydrogen-bond acceptors (Lipinski definition) is 3. The fraction of sp³-hybridized carbons (Fsp3) is 0.214. The summed E-state index contributed by atoms with van der Waals surface area (Å²) >= 11 is 1.32. The van der Waals surface area contributed by atoms with Crippen LogP contribution in [0.2, 0.25) is 0 Å². The Labute approximate surface area is 109 Å². The summed E-state index contributed by atoms with van der Waals surface area (Å²) in [7, 11) is 0. The Morgan fingerprint density at radius 1 is 1.22 bits per heavy atom. The van der Waals surface area contributed by atoms with Gasteiger partial charge in [0, 0.05) is 10.3 Å². The monoisotopic (exact) mass is 262 g/mol. The number of carboxylic acids is 1.